The van der Waals surface area contributed by atoms with E-state index in [2.05, 4.69) is 15.2 Å². The molecule has 3 aromatic rings. The number of aryl methyl sites for hydroxylation is 1. The normalized spacial score (nSPS) is 15.2. The first-order valence-corrected chi connectivity index (χ1v) is 11.1. The van der Waals surface area contributed by atoms with Gasteiger partial charge in [0.2, 0.25) is 5.91 Å². The SMILES string of the molecule is COc1ccc(C(CNC(=O)CCc2ncc(-c3ccccc3F)o2)N2CCOCC2)cc1. The maximum atomic E-state index is 13.9. The van der Waals surface area contributed by atoms with Gasteiger partial charge in [0.25, 0.3) is 0 Å². The number of halogens is 1. The number of carbonyl (C=O) groups is 1. The molecule has 0 bridgehead atoms. The first-order chi connectivity index (χ1) is 16.1. The summed E-state index contributed by atoms with van der Waals surface area (Å²) in [7, 11) is 1.64. The minimum Gasteiger partial charge on any atom is -0.497 e. The van der Waals surface area contributed by atoms with Crippen molar-refractivity contribution in [3.05, 3.63) is 72.0 Å². The zero-order valence-electron chi connectivity index (χ0n) is 18.6. The second-order valence-corrected chi connectivity index (χ2v) is 7.84. The minimum absolute atomic E-state index is 0.0400. The largest absolute Gasteiger partial charge is 0.497 e. The number of hydrogen-bond acceptors (Lipinski definition) is 6. The van der Waals surface area contributed by atoms with Gasteiger partial charge in [-0.05, 0) is 29.8 Å². The predicted octanol–water partition coefficient (Wildman–Crippen LogP) is 3.61. The number of rotatable bonds is 9. The molecule has 4 rings (SSSR count). The lowest BCUT2D eigenvalue weighted by atomic mass is 10.0. The molecule has 1 saturated heterocycles. The van der Waals surface area contributed by atoms with Gasteiger partial charge in [-0.3, -0.25) is 9.69 Å². The Kier molecular flexibility index (Phi) is 7.70. The quantitative estimate of drug-likeness (QED) is 0.533. The number of ether oxygens (including phenoxy) is 2. The Bertz CT molecular complexity index is 1050. The highest BCUT2D eigenvalue weighted by Gasteiger charge is 2.23. The van der Waals surface area contributed by atoms with Gasteiger partial charge in [-0.25, -0.2) is 9.37 Å². The first kappa shape index (κ1) is 22.9. The van der Waals surface area contributed by atoms with E-state index >= 15 is 0 Å². The molecule has 1 amide bonds. The van der Waals surface area contributed by atoms with Crippen molar-refractivity contribution < 1.29 is 23.1 Å². The van der Waals surface area contributed by atoms with Gasteiger partial charge >= 0.3 is 0 Å². The van der Waals surface area contributed by atoms with Crippen LogP contribution in [0.1, 0.15) is 23.9 Å². The van der Waals surface area contributed by atoms with E-state index in [4.69, 9.17) is 13.9 Å². The molecule has 174 valence electrons. The highest BCUT2D eigenvalue weighted by Crippen LogP contribution is 2.25. The Hall–Kier alpha value is -3.23. The van der Waals surface area contributed by atoms with Crippen molar-refractivity contribution in [2.75, 3.05) is 40.0 Å². The van der Waals surface area contributed by atoms with E-state index < -0.39 is 0 Å². The van der Waals surface area contributed by atoms with Gasteiger partial charge in [-0.15, -0.1) is 0 Å². The molecule has 0 aliphatic carbocycles. The molecule has 1 aromatic heterocycles. The number of hydrogen-bond donors (Lipinski definition) is 1. The Morgan fingerprint density at radius 1 is 1.18 bits per heavy atom. The van der Waals surface area contributed by atoms with Gasteiger partial charge in [-0.1, -0.05) is 24.3 Å². The average Bonchev–Trinajstić information content (AvgIpc) is 3.33. The smallest absolute Gasteiger partial charge is 0.220 e. The van der Waals surface area contributed by atoms with Crippen LogP contribution in [0.3, 0.4) is 0 Å². The zero-order valence-corrected chi connectivity index (χ0v) is 18.6. The van der Waals surface area contributed by atoms with Crippen LogP contribution in [0.2, 0.25) is 0 Å². The predicted molar refractivity (Wildman–Crippen MR) is 121 cm³/mol. The van der Waals surface area contributed by atoms with Gasteiger partial charge < -0.3 is 19.2 Å². The molecule has 33 heavy (non-hydrogen) atoms. The van der Waals surface area contributed by atoms with Crippen LogP contribution in [-0.2, 0) is 16.0 Å². The molecule has 2 aromatic carbocycles. The number of nitrogens with zero attached hydrogens (tertiary/aromatic N) is 2. The highest BCUT2D eigenvalue weighted by molar-refractivity contribution is 5.76. The van der Waals surface area contributed by atoms with Crippen LogP contribution in [0, 0.1) is 5.82 Å². The molecule has 8 heteroatoms. The minimum atomic E-state index is -0.370. The van der Waals surface area contributed by atoms with Gasteiger partial charge in [0.05, 0.1) is 38.1 Å². The van der Waals surface area contributed by atoms with Crippen LogP contribution in [0.4, 0.5) is 4.39 Å². The Morgan fingerprint density at radius 3 is 2.67 bits per heavy atom. The van der Waals surface area contributed by atoms with E-state index in [1.165, 1.54) is 12.3 Å². The first-order valence-electron chi connectivity index (χ1n) is 11.1. The summed E-state index contributed by atoms with van der Waals surface area (Å²) in [5.74, 6) is 1.10. The summed E-state index contributed by atoms with van der Waals surface area (Å²) in [6.45, 7) is 3.45. The molecule has 1 aliphatic rings. The van der Waals surface area contributed by atoms with E-state index in [1.54, 1.807) is 25.3 Å². The number of carbonyl (C=O) groups excluding carboxylic acids is 1. The summed E-state index contributed by atoms with van der Waals surface area (Å²) < 4.78 is 30.3. The number of morpholine rings is 1. The number of aromatic nitrogens is 1. The topological polar surface area (TPSA) is 76.8 Å². The Labute approximate surface area is 192 Å². The molecule has 2 heterocycles. The molecule has 1 atom stereocenters. The Balaban J connectivity index is 1.34. The van der Waals surface area contributed by atoms with Gasteiger partial charge in [-0.2, -0.15) is 0 Å². The van der Waals surface area contributed by atoms with E-state index in [0.29, 0.717) is 43.4 Å². The summed E-state index contributed by atoms with van der Waals surface area (Å²) in [4.78, 5) is 19.1. The number of benzene rings is 2. The van der Waals surface area contributed by atoms with E-state index in [9.17, 15) is 9.18 Å². The van der Waals surface area contributed by atoms with Crippen molar-refractivity contribution in [2.24, 2.45) is 0 Å². The third kappa shape index (κ3) is 5.97. The van der Waals surface area contributed by atoms with Crippen molar-refractivity contribution in [1.82, 2.24) is 15.2 Å². The summed E-state index contributed by atoms with van der Waals surface area (Å²) in [5, 5.41) is 3.04. The molecule has 0 saturated carbocycles. The number of oxazole rings is 1. The standard InChI is InChI=1S/C25H28FN3O4/c1-31-19-8-6-18(7-9-19)22(29-12-14-32-15-13-29)16-27-24(30)10-11-25-28-17-23(33-25)20-4-2-3-5-21(20)26/h2-9,17,22H,10-16H2,1H3,(H,27,30). The molecule has 0 radical (unpaired) electrons. The maximum absolute atomic E-state index is 13.9. The van der Waals surface area contributed by atoms with Crippen molar-refractivity contribution in [3.8, 4) is 17.1 Å². The lowest BCUT2D eigenvalue weighted by Crippen LogP contribution is -2.43. The van der Waals surface area contributed by atoms with Crippen molar-refractivity contribution >= 4 is 5.91 Å². The van der Waals surface area contributed by atoms with Crippen molar-refractivity contribution in [1.29, 1.82) is 0 Å². The lowest BCUT2D eigenvalue weighted by Gasteiger charge is -2.35. The number of methoxy groups -OCH3 is 1. The summed E-state index contributed by atoms with van der Waals surface area (Å²) in [6, 6.07) is 14.3. The van der Waals surface area contributed by atoms with Crippen molar-refractivity contribution in [3.63, 3.8) is 0 Å². The van der Waals surface area contributed by atoms with E-state index in [1.807, 2.05) is 24.3 Å². The molecule has 1 unspecified atom stereocenters. The van der Waals surface area contributed by atoms with Crippen LogP contribution >= 0.6 is 0 Å². The monoisotopic (exact) mass is 453 g/mol. The van der Waals surface area contributed by atoms with E-state index in [-0.39, 0.29) is 24.2 Å². The van der Waals surface area contributed by atoms with Gasteiger partial charge in [0.1, 0.15) is 11.6 Å². The second-order valence-electron chi connectivity index (χ2n) is 7.84. The summed E-state index contributed by atoms with van der Waals surface area (Å²) in [5.41, 5.74) is 1.47. The fourth-order valence-corrected chi connectivity index (χ4v) is 3.90. The molecule has 1 fully saturated rings. The molecular weight excluding hydrogens is 425 g/mol. The highest BCUT2D eigenvalue weighted by atomic mass is 19.1. The van der Waals surface area contributed by atoms with Crippen LogP contribution in [-0.4, -0.2) is 55.7 Å². The molecular formula is C25H28FN3O4. The summed E-state index contributed by atoms with van der Waals surface area (Å²) in [6.07, 6.45) is 2.06. The zero-order chi connectivity index (χ0) is 23.0. The number of nitrogens with one attached hydrogen (secondary N) is 1. The average molecular weight is 454 g/mol. The van der Waals surface area contributed by atoms with Crippen molar-refractivity contribution in [2.45, 2.75) is 18.9 Å². The van der Waals surface area contributed by atoms with E-state index in [0.717, 1.165) is 24.4 Å². The van der Waals surface area contributed by atoms with Gasteiger partial charge in [0.15, 0.2) is 11.7 Å². The van der Waals surface area contributed by atoms with Crippen LogP contribution in [0.15, 0.2) is 59.1 Å². The maximum Gasteiger partial charge on any atom is 0.220 e. The Morgan fingerprint density at radius 2 is 1.94 bits per heavy atom. The van der Waals surface area contributed by atoms with Crippen LogP contribution in [0.5, 0.6) is 5.75 Å². The molecule has 1 aliphatic heterocycles. The second kappa shape index (κ2) is 11.1. The fraction of sp³-hybridized carbons (Fsp3) is 0.360. The lowest BCUT2D eigenvalue weighted by molar-refractivity contribution is -0.121. The fourth-order valence-electron chi connectivity index (χ4n) is 3.90. The molecule has 1 N–H and O–H groups in total. The van der Waals surface area contributed by atoms with Crippen LogP contribution < -0.4 is 10.1 Å². The number of amides is 1. The van der Waals surface area contributed by atoms with Gasteiger partial charge in [0, 0.05) is 32.5 Å². The molecule has 7 nitrogen and oxygen atoms in total. The third-order valence-electron chi connectivity index (χ3n) is 5.74. The third-order valence-corrected chi connectivity index (χ3v) is 5.74. The summed E-state index contributed by atoms with van der Waals surface area (Å²) >= 11 is 0. The molecule has 0 spiro atoms. The van der Waals surface area contributed by atoms with Crippen LogP contribution in [0.25, 0.3) is 11.3 Å².